The Bertz CT molecular complexity index is 1190. The summed E-state index contributed by atoms with van der Waals surface area (Å²) >= 11 is 0. The van der Waals surface area contributed by atoms with Crippen LogP contribution in [0.3, 0.4) is 0 Å². The molecule has 1 aliphatic heterocycles. The van der Waals surface area contributed by atoms with Crippen LogP contribution < -0.4 is 5.32 Å². The van der Waals surface area contributed by atoms with E-state index in [4.69, 9.17) is 0 Å². The van der Waals surface area contributed by atoms with Gasteiger partial charge in [0, 0.05) is 24.9 Å². The summed E-state index contributed by atoms with van der Waals surface area (Å²) in [7, 11) is -0.318. The number of carbonyl (C=O) groups is 2. The van der Waals surface area contributed by atoms with Gasteiger partial charge in [-0.05, 0) is 40.6 Å². The molecule has 1 aliphatic rings. The standard InChI is InChI=1S/C20H15N3O5S/c1-22-20(25)18(19(24)21-14-6-8-15(9-7-14)23(26)27)16-10-12-4-2-3-5-13(12)11-17(16)29(22)28/h2-11,18H,1H3,(H,21,24). The number of nitrogens with one attached hydrogen (secondary N) is 1. The molecule has 3 aromatic carbocycles. The number of likely N-dealkylation sites (N-methyl/N-ethyl adjacent to an activating group) is 1. The second-order valence-corrected chi connectivity index (χ2v) is 8.03. The minimum atomic E-state index is -1.71. The van der Waals surface area contributed by atoms with Crippen LogP contribution in [-0.4, -0.2) is 32.3 Å². The van der Waals surface area contributed by atoms with Crippen molar-refractivity contribution in [2.24, 2.45) is 0 Å². The quantitative estimate of drug-likeness (QED) is 0.406. The highest BCUT2D eigenvalue weighted by Crippen LogP contribution is 2.35. The van der Waals surface area contributed by atoms with Crippen molar-refractivity contribution in [1.82, 2.24) is 4.31 Å². The summed E-state index contributed by atoms with van der Waals surface area (Å²) in [5, 5.41) is 15.1. The van der Waals surface area contributed by atoms with Gasteiger partial charge in [0.1, 0.15) is 5.92 Å². The van der Waals surface area contributed by atoms with Crippen LogP contribution in [0.15, 0.2) is 65.6 Å². The number of benzene rings is 3. The molecule has 29 heavy (non-hydrogen) atoms. The van der Waals surface area contributed by atoms with Gasteiger partial charge in [-0.2, -0.15) is 0 Å². The molecule has 1 heterocycles. The Labute approximate surface area is 167 Å². The Morgan fingerprint density at radius 1 is 1.10 bits per heavy atom. The van der Waals surface area contributed by atoms with Gasteiger partial charge in [-0.15, -0.1) is 0 Å². The summed E-state index contributed by atoms with van der Waals surface area (Å²) in [5.74, 6) is -2.35. The van der Waals surface area contributed by atoms with Crippen molar-refractivity contribution in [1.29, 1.82) is 0 Å². The highest BCUT2D eigenvalue weighted by molar-refractivity contribution is 7.83. The van der Waals surface area contributed by atoms with Gasteiger partial charge < -0.3 is 5.32 Å². The fourth-order valence-electron chi connectivity index (χ4n) is 3.29. The highest BCUT2D eigenvalue weighted by atomic mass is 32.2. The molecular weight excluding hydrogens is 394 g/mol. The number of nitro benzene ring substituents is 1. The van der Waals surface area contributed by atoms with E-state index in [-0.39, 0.29) is 5.69 Å². The third-order valence-corrected chi connectivity index (χ3v) is 6.20. The smallest absolute Gasteiger partial charge is 0.269 e. The Morgan fingerprint density at radius 3 is 2.34 bits per heavy atom. The van der Waals surface area contributed by atoms with E-state index < -0.39 is 33.6 Å². The molecule has 0 bridgehead atoms. The number of anilines is 1. The summed E-state index contributed by atoms with van der Waals surface area (Å²) in [5.41, 5.74) is 0.610. The Morgan fingerprint density at radius 2 is 1.72 bits per heavy atom. The van der Waals surface area contributed by atoms with Gasteiger partial charge >= 0.3 is 0 Å². The minimum absolute atomic E-state index is 0.108. The molecule has 8 nitrogen and oxygen atoms in total. The normalized spacial score (nSPS) is 18.4. The number of amides is 2. The number of rotatable bonds is 3. The van der Waals surface area contributed by atoms with Crippen LogP contribution in [0, 0.1) is 10.1 Å². The maximum atomic E-state index is 13.0. The summed E-state index contributed by atoms with van der Waals surface area (Å²) in [6.45, 7) is 0. The van der Waals surface area contributed by atoms with Crippen LogP contribution in [-0.2, 0) is 20.6 Å². The van der Waals surface area contributed by atoms with E-state index in [0.29, 0.717) is 16.1 Å². The number of nitro groups is 1. The van der Waals surface area contributed by atoms with Gasteiger partial charge in [0.2, 0.25) is 5.91 Å². The minimum Gasteiger partial charge on any atom is -0.325 e. The number of hydrogen-bond donors (Lipinski definition) is 1. The number of fused-ring (bicyclic) bond motifs is 2. The third-order valence-electron chi connectivity index (χ3n) is 4.79. The maximum absolute atomic E-state index is 13.0. The Balaban J connectivity index is 1.74. The zero-order valence-electron chi connectivity index (χ0n) is 15.2. The van der Waals surface area contributed by atoms with Crippen LogP contribution >= 0.6 is 0 Å². The molecule has 0 saturated heterocycles. The molecule has 0 radical (unpaired) electrons. The lowest BCUT2D eigenvalue weighted by Crippen LogP contribution is -2.43. The topological polar surface area (TPSA) is 110 Å². The molecule has 0 saturated carbocycles. The molecule has 9 heteroatoms. The van der Waals surface area contributed by atoms with E-state index in [0.717, 1.165) is 15.1 Å². The van der Waals surface area contributed by atoms with Crippen molar-refractivity contribution >= 4 is 44.9 Å². The lowest BCUT2D eigenvalue weighted by atomic mass is 9.94. The first-order valence-corrected chi connectivity index (χ1v) is 9.75. The lowest BCUT2D eigenvalue weighted by Gasteiger charge is -2.30. The average Bonchev–Trinajstić information content (AvgIpc) is 2.71. The van der Waals surface area contributed by atoms with E-state index in [2.05, 4.69) is 5.32 Å². The summed E-state index contributed by atoms with van der Waals surface area (Å²) < 4.78 is 13.8. The summed E-state index contributed by atoms with van der Waals surface area (Å²) in [4.78, 5) is 36.4. The SMILES string of the molecule is CN1C(=O)C(C(=O)Nc2ccc([N+](=O)[O-])cc2)c2cc3ccccc3cc2S1=O. The molecule has 2 atom stereocenters. The molecule has 4 rings (SSSR count). The van der Waals surface area contributed by atoms with Gasteiger partial charge in [-0.25, -0.2) is 4.21 Å². The van der Waals surface area contributed by atoms with Gasteiger partial charge in [-0.3, -0.25) is 24.0 Å². The van der Waals surface area contributed by atoms with Crippen LogP contribution in [0.25, 0.3) is 10.8 Å². The number of hydrogen-bond acceptors (Lipinski definition) is 5. The second kappa shape index (κ2) is 7.10. The Hall–Kier alpha value is -3.59. The molecule has 1 N–H and O–H groups in total. The van der Waals surface area contributed by atoms with Crippen molar-refractivity contribution in [2.75, 3.05) is 12.4 Å². The van der Waals surface area contributed by atoms with E-state index in [1.54, 1.807) is 12.1 Å². The molecule has 0 aromatic heterocycles. The van der Waals surface area contributed by atoms with E-state index in [9.17, 15) is 23.9 Å². The molecule has 3 aromatic rings. The van der Waals surface area contributed by atoms with Gasteiger partial charge in [0.25, 0.3) is 11.6 Å². The van der Waals surface area contributed by atoms with Crippen LogP contribution in [0.5, 0.6) is 0 Å². The monoisotopic (exact) mass is 409 g/mol. The first-order valence-electron chi connectivity index (χ1n) is 8.64. The zero-order chi connectivity index (χ0) is 20.7. The van der Waals surface area contributed by atoms with Crippen LogP contribution in [0.1, 0.15) is 11.5 Å². The maximum Gasteiger partial charge on any atom is 0.269 e. The molecule has 0 spiro atoms. The van der Waals surface area contributed by atoms with Gasteiger partial charge in [0.05, 0.1) is 9.82 Å². The first-order chi connectivity index (χ1) is 13.9. The van der Waals surface area contributed by atoms with Crippen LogP contribution in [0.2, 0.25) is 0 Å². The summed E-state index contributed by atoms with van der Waals surface area (Å²) in [6.07, 6.45) is 0. The number of non-ortho nitro benzene ring substituents is 1. The second-order valence-electron chi connectivity index (χ2n) is 6.55. The van der Waals surface area contributed by atoms with Gasteiger partial charge in [0.15, 0.2) is 11.0 Å². The third kappa shape index (κ3) is 3.25. The van der Waals surface area contributed by atoms with Crippen molar-refractivity contribution < 1.29 is 18.7 Å². The predicted octanol–water partition coefficient (Wildman–Crippen LogP) is 2.96. The highest BCUT2D eigenvalue weighted by Gasteiger charge is 2.41. The fraction of sp³-hybridized carbons (Fsp3) is 0.100. The van der Waals surface area contributed by atoms with E-state index >= 15 is 0 Å². The van der Waals surface area contributed by atoms with Crippen molar-refractivity contribution in [3.63, 3.8) is 0 Å². The molecule has 146 valence electrons. The first kappa shape index (κ1) is 18.8. The van der Waals surface area contributed by atoms with Crippen molar-refractivity contribution in [2.45, 2.75) is 10.8 Å². The average molecular weight is 409 g/mol. The Kier molecular flexibility index (Phi) is 4.59. The molecule has 0 fully saturated rings. The van der Waals surface area contributed by atoms with Crippen molar-refractivity contribution in [3.8, 4) is 0 Å². The number of carbonyl (C=O) groups excluding carboxylic acids is 2. The fourth-order valence-corrected chi connectivity index (χ4v) is 4.46. The van der Waals surface area contributed by atoms with E-state index in [1.807, 2.05) is 24.3 Å². The lowest BCUT2D eigenvalue weighted by molar-refractivity contribution is -0.384. The predicted molar refractivity (Wildman–Crippen MR) is 108 cm³/mol. The van der Waals surface area contributed by atoms with Crippen molar-refractivity contribution in [3.05, 3.63) is 76.3 Å². The number of nitrogens with zero attached hydrogens (tertiary/aromatic N) is 2. The molecule has 0 aliphatic carbocycles. The van der Waals surface area contributed by atoms with Crippen LogP contribution in [0.4, 0.5) is 11.4 Å². The van der Waals surface area contributed by atoms with E-state index in [1.165, 1.54) is 31.3 Å². The largest absolute Gasteiger partial charge is 0.325 e. The molecule has 2 unspecified atom stereocenters. The zero-order valence-corrected chi connectivity index (χ0v) is 16.0. The van der Waals surface area contributed by atoms with Gasteiger partial charge in [-0.1, -0.05) is 24.3 Å². The molecular formula is C20H15N3O5S. The molecule has 2 amide bonds. The summed E-state index contributed by atoms with van der Waals surface area (Å²) in [6, 6.07) is 16.2.